The van der Waals surface area contributed by atoms with Gasteiger partial charge in [0.1, 0.15) is 5.82 Å². The summed E-state index contributed by atoms with van der Waals surface area (Å²) >= 11 is 0. The van der Waals surface area contributed by atoms with Crippen LogP contribution in [0.5, 0.6) is 0 Å². The van der Waals surface area contributed by atoms with Crippen LogP contribution in [0.2, 0.25) is 0 Å². The summed E-state index contributed by atoms with van der Waals surface area (Å²) in [5.74, 6) is -0.909. The molecule has 0 unspecified atom stereocenters. The van der Waals surface area contributed by atoms with Crippen LogP contribution in [0.3, 0.4) is 0 Å². The van der Waals surface area contributed by atoms with Crippen molar-refractivity contribution in [2.75, 3.05) is 39.9 Å². The molecule has 0 aromatic heterocycles. The predicted octanol–water partition coefficient (Wildman–Crippen LogP) is 0.656. The molecular weight excluding hydrogens is 361 g/mol. The van der Waals surface area contributed by atoms with Gasteiger partial charge in [-0.3, -0.25) is 9.69 Å². The largest absolute Gasteiger partial charge is 0.383 e. The summed E-state index contributed by atoms with van der Waals surface area (Å²) in [6.07, 6.45) is 2.01. The van der Waals surface area contributed by atoms with Gasteiger partial charge < -0.3 is 9.64 Å². The number of piperidine rings is 1. The lowest BCUT2D eigenvalue weighted by atomic mass is 9.95. The Morgan fingerprint density at radius 2 is 2.08 bits per heavy atom. The fraction of sp³-hybridized carbons (Fsp3) is 0.588. The average molecular weight is 385 g/mol. The van der Waals surface area contributed by atoms with Gasteiger partial charge in [-0.2, -0.15) is 0 Å². The molecule has 1 aromatic carbocycles. The lowest BCUT2D eigenvalue weighted by molar-refractivity contribution is 0.0713. The maximum Gasteiger partial charge on any atom is 0.256 e. The Morgan fingerprint density at radius 3 is 2.77 bits per heavy atom. The van der Waals surface area contributed by atoms with Crippen molar-refractivity contribution in [2.24, 2.45) is 11.1 Å². The number of hydrogen-bond donors (Lipinski definition) is 1. The summed E-state index contributed by atoms with van der Waals surface area (Å²) in [5, 5.41) is 5.10. The number of methoxy groups -OCH3 is 1. The van der Waals surface area contributed by atoms with E-state index in [-0.39, 0.29) is 16.5 Å². The lowest BCUT2D eigenvalue weighted by Crippen LogP contribution is -2.45. The molecule has 2 N–H and O–H groups in total. The van der Waals surface area contributed by atoms with Crippen molar-refractivity contribution >= 4 is 15.9 Å². The van der Waals surface area contributed by atoms with Crippen LogP contribution in [-0.2, 0) is 14.8 Å². The zero-order valence-corrected chi connectivity index (χ0v) is 15.5. The number of fused-ring (bicyclic) bond motifs is 4. The van der Waals surface area contributed by atoms with Gasteiger partial charge >= 0.3 is 0 Å². The van der Waals surface area contributed by atoms with E-state index in [4.69, 9.17) is 9.88 Å². The standard InChI is InChI=1S/C17H24FN3O4S/c1-25-7-6-20-9-12-2-3-13(20)11-21(10-12)17(22)15-8-14(26(19,23)24)4-5-16(15)18/h4-5,8,12-13H,2-3,6-7,9-11H2,1H3,(H2,19,23,24)/t12-,13-/m0/s1. The minimum atomic E-state index is -4.00. The van der Waals surface area contributed by atoms with E-state index in [9.17, 15) is 17.6 Å². The van der Waals surface area contributed by atoms with Gasteiger partial charge in [-0.25, -0.2) is 17.9 Å². The Labute approximate surface area is 152 Å². The molecule has 3 aliphatic heterocycles. The molecule has 0 saturated carbocycles. The number of amides is 1. The number of sulfonamides is 1. The first-order chi connectivity index (χ1) is 12.3. The Hall–Kier alpha value is -1.55. The van der Waals surface area contributed by atoms with E-state index in [1.54, 1.807) is 12.0 Å². The highest BCUT2D eigenvalue weighted by atomic mass is 32.2. The van der Waals surface area contributed by atoms with Gasteiger partial charge in [0.05, 0.1) is 17.1 Å². The molecule has 3 heterocycles. The number of nitrogens with two attached hydrogens (primary N) is 1. The number of ether oxygens (including phenoxy) is 1. The van der Waals surface area contributed by atoms with Crippen LogP contribution in [0, 0.1) is 11.7 Å². The second-order valence-electron chi connectivity index (χ2n) is 6.98. The van der Waals surface area contributed by atoms with E-state index in [1.807, 2.05) is 0 Å². The molecule has 7 nitrogen and oxygen atoms in total. The summed E-state index contributed by atoms with van der Waals surface area (Å²) in [7, 11) is -2.34. The number of rotatable bonds is 5. The summed E-state index contributed by atoms with van der Waals surface area (Å²) in [5.41, 5.74) is -0.249. The number of carbonyl (C=O) groups excluding carboxylic acids is 1. The summed E-state index contributed by atoms with van der Waals surface area (Å²) in [4.78, 5) is 16.6. The van der Waals surface area contributed by atoms with E-state index in [0.29, 0.717) is 25.6 Å². The quantitative estimate of drug-likeness (QED) is 0.804. The van der Waals surface area contributed by atoms with Gasteiger partial charge in [-0.1, -0.05) is 0 Å². The molecule has 3 saturated heterocycles. The fourth-order valence-electron chi connectivity index (χ4n) is 3.84. The highest BCUT2D eigenvalue weighted by Crippen LogP contribution is 2.29. The first-order valence-electron chi connectivity index (χ1n) is 8.64. The molecular formula is C17H24FN3O4S. The minimum Gasteiger partial charge on any atom is -0.383 e. The van der Waals surface area contributed by atoms with Crippen LogP contribution in [0.1, 0.15) is 23.2 Å². The smallest absolute Gasteiger partial charge is 0.256 e. The first kappa shape index (κ1) is 19.2. The Morgan fingerprint density at radius 1 is 1.31 bits per heavy atom. The van der Waals surface area contributed by atoms with Gasteiger partial charge in [-0.05, 0) is 37.0 Å². The van der Waals surface area contributed by atoms with Crippen LogP contribution >= 0.6 is 0 Å². The normalized spacial score (nSPS) is 23.9. The van der Waals surface area contributed by atoms with Crippen molar-refractivity contribution in [1.29, 1.82) is 0 Å². The van der Waals surface area contributed by atoms with Crippen molar-refractivity contribution in [3.63, 3.8) is 0 Å². The van der Waals surface area contributed by atoms with Crippen LogP contribution in [0.25, 0.3) is 0 Å². The monoisotopic (exact) mass is 385 g/mol. The van der Waals surface area contributed by atoms with E-state index in [0.717, 1.165) is 44.1 Å². The van der Waals surface area contributed by atoms with Crippen LogP contribution in [-0.4, -0.2) is 70.1 Å². The van der Waals surface area contributed by atoms with Crippen LogP contribution in [0.4, 0.5) is 4.39 Å². The number of primary sulfonamides is 1. The summed E-state index contributed by atoms with van der Waals surface area (Å²) < 4.78 is 42.4. The molecule has 3 aliphatic rings. The van der Waals surface area contributed by atoms with Crippen molar-refractivity contribution < 1.29 is 22.3 Å². The Kier molecular flexibility index (Phi) is 5.61. The molecule has 2 atom stereocenters. The van der Waals surface area contributed by atoms with E-state index in [2.05, 4.69) is 4.90 Å². The number of halogens is 1. The molecule has 2 bridgehead atoms. The van der Waals surface area contributed by atoms with E-state index < -0.39 is 21.7 Å². The van der Waals surface area contributed by atoms with Gasteiger partial charge in [-0.15, -0.1) is 0 Å². The number of benzene rings is 1. The third kappa shape index (κ3) is 4.06. The Balaban J connectivity index is 1.83. The zero-order chi connectivity index (χ0) is 18.9. The molecule has 26 heavy (non-hydrogen) atoms. The molecule has 9 heteroatoms. The number of hydrogen-bond acceptors (Lipinski definition) is 5. The van der Waals surface area contributed by atoms with Crippen molar-refractivity contribution in [3.05, 3.63) is 29.6 Å². The topological polar surface area (TPSA) is 92.9 Å². The van der Waals surface area contributed by atoms with E-state index in [1.165, 1.54) is 0 Å². The molecule has 0 spiro atoms. The second-order valence-corrected chi connectivity index (χ2v) is 8.54. The van der Waals surface area contributed by atoms with Crippen LogP contribution < -0.4 is 5.14 Å². The van der Waals surface area contributed by atoms with Crippen LogP contribution in [0.15, 0.2) is 23.1 Å². The Bertz CT molecular complexity index is 786. The first-order valence-corrected chi connectivity index (χ1v) is 10.2. The zero-order valence-electron chi connectivity index (χ0n) is 14.7. The van der Waals surface area contributed by atoms with Gasteiger partial charge in [0, 0.05) is 39.3 Å². The van der Waals surface area contributed by atoms with Crippen molar-refractivity contribution in [1.82, 2.24) is 9.80 Å². The molecule has 144 valence electrons. The minimum absolute atomic E-state index is 0.206. The van der Waals surface area contributed by atoms with Crippen molar-refractivity contribution in [2.45, 2.75) is 23.8 Å². The maximum absolute atomic E-state index is 14.2. The summed E-state index contributed by atoms with van der Waals surface area (Å²) in [6.45, 7) is 3.35. The summed E-state index contributed by atoms with van der Waals surface area (Å²) in [6, 6.07) is 3.28. The second kappa shape index (κ2) is 7.59. The average Bonchev–Trinajstić information content (AvgIpc) is 2.90. The molecule has 3 fully saturated rings. The molecule has 0 radical (unpaired) electrons. The molecule has 1 amide bonds. The number of nitrogens with zero attached hydrogens (tertiary/aromatic N) is 2. The molecule has 1 aromatic rings. The SMILES string of the molecule is COCCN1C[C@@H]2CC[C@H]1CN(C(=O)c1cc(S(N)(=O)=O)ccc1F)C2. The molecule has 4 rings (SSSR count). The third-order valence-electron chi connectivity index (χ3n) is 5.19. The van der Waals surface area contributed by atoms with Gasteiger partial charge in [0.2, 0.25) is 10.0 Å². The van der Waals surface area contributed by atoms with Gasteiger partial charge in [0.25, 0.3) is 5.91 Å². The van der Waals surface area contributed by atoms with Crippen molar-refractivity contribution in [3.8, 4) is 0 Å². The van der Waals surface area contributed by atoms with E-state index >= 15 is 0 Å². The third-order valence-corrected chi connectivity index (χ3v) is 6.10. The highest BCUT2D eigenvalue weighted by Gasteiger charge is 2.37. The lowest BCUT2D eigenvalue weighted by Gasteiger charge is -2.35. The molecule has 0 aliphatic carbocycles. The fourth-order valence-corrected chi connectivity index (χ4v) is 4.38. The number of carbonyl (C=O) groups is 1. The predicted molar refractivity (Wildman–Crippen MR) is 93.6 cm³/mol. The maximum atomic E-state index is 14.2. The van der Waals surface area contributed by atoms with Gasteiger partial charge in [0.15, 0.2) is 0 Å². The highest BCUT2D eigenvalue weighted by molar-refractivity contribution is 7.89.